The van der Waals surface area contributed by atoms with Crippen LogP contribution in [0.2, 0.25) is 0 Å². The van der Waals surface area contributed by atoms with Gasteiger partial charge < -0.3 is 0 Å². The Morgan fingerprint density at radius 1 is 1.75 bits per heavy atom. The Bertz CT molecular complexity index is 154. The van der Waals surface area contributed by atoms with Gasteiger partial charge in [0.05, 0.1) is 0 Å². The van der Waals surface area contributed by atoms with Gasteiger partial charge in [0, 0.05) is 6.08 Å². The Hall–Kier alpha value is -1.21. The standard InChI is InChI=1S/C5H5NO2/c1-2-3-5(8)6-4-7/h2-3H,1H3/b3-2-. The van der Waals surface area contributed by atoms with Crippen molar-refractivity contribution in [1.29, 1.82) is 0 Å². The maximum absolute atomic E-state index is 10.1. The molecule has 3 nitrogen and oxygen atoms in total. The van der Waals surface area contributed by atoms with Gasteiger partial charge in [-0.15, -0.1) is 4.99 Å². The Labute approximate surface area is 46.7 Å². The fourth-order valence-electron chi connectivity index (χ4n) is 0.225. The number of aliphatic imine (C=N–C) groups is 1. The van der Waals surface area contributed by atoms with Gasteiger partial charge >= 0.3 is 0 Å². The van der Waals surface area contributed by atoms with Crippen molar-refractivity contribution < 1.29 is 9.59 Å². The molecule has 0 radical (unpaired) electrons. The fourth-order valence-corrected chi connectivity index (χ4v) is 0.225. The number of carbonyl (C=O) groups excluding carboxylic acids is 2. The number of isocyanates is 1. The molecule has 42 valence electrons. The van der Waals surface area contributed by atoms with Crippen LogP contribution >= 0.6 is 0 Å². The van der Waals surface area contributed by atoms with Crippen molar-refractivity contribution >= 4 is 12.0 Å². The third-order valence-electron chi connectivity index (χ3n) is 0.465. The van der Waals surface area contributed by atoms with Crippen LogP contribution in [0.5, 0.6) is 0 Å². The van der Waals surface area contributed by atoms with E-state index in [1.54, 1.807) is 6.92 Å². The monoisotopic (exact) mass is 111 g/mol. The summed E-state index contributed by atoms with van der Waals surface area (Å²) in [6.45, 7) is 1.66. The first-order valence-electron chi connectivity index (χ1n) is 2.05. The number of amides is 1. The van der Waals surface area contributed by atoms with Gasteiger partial charge in [0.2, 0.25) is 6.08 Å². The van der Waals surface area contributed by atoms with Crippen LogP contribution in [-0.2, 0) is 9.59 Å². The van der Waals surface area contributed by atoms with Crippen LogP contribution in [0, 0.1) is 0 Å². The molecule has 0 bridgehead atoms. The topological polar surface area (TPSA) is 46.5 Å². The molecule has 0 aromatic heterocycles. The summed E-state index contributed by atoms with van der Waals surface area (Å²) in [4.78, 5) is 22.3. The molecule has 0 aliphatic rings. The van der Waals surface area contributed by atoms with Crippen LogP contribution in [-0.4, -0.2) is 12.0 Å². The Balaban J connectivity index is 3.84. The van der Waals surface area contributed by atoms with E-state index in [1.165, 1.54) is 12.2 Å². The molecule has 0 saturated carbocycles. The Morgan fingerprint density at radius 2 is 2.38 bits per heavy atom. The summed E-state index contributed by atoms with van der Waals surface area (Å²) < 4.78 is 0. The lowest BCUT2D eigenvalue weighted by Gasteiger charge is -1.70. The van der Waals surface area contributed by atoms with Gasteiger partial charge in [-0.3, -0.25) is 4.79 Å². The van der Waals surface area contributed by atoms with Crippen molar-refractivity contribution in [2.45, 2.75) is 6.92 Å². The lowest BCUT2D eigenvalue weighted by atomic mass is 10.5. The Kier molecular flexibility index (Phi) is 3.36. The average Bonchev–Trinajstić information content (AvgIpc) is 1.68. The quantitative estimate of drug-likeness (QED) is 0.280. The second-order valence-corrected chi connectivity index (χ2v) is 1.04. The van der Waals surface area contributed by atoms with Gasteiger partial charge in [0.15, 0.2) is 0 Å². The smallest absolute Gasteiger partial charge is 0.267 e. The van der Waals surface area contributed by atoms with Gasteiger partial charge in [-0.2, -0.15) is 0 Å². The summed E-state index contributed by atoms with van der Waals surface area (Å²) >= 11 is 0. The summed E-state index contributed by atoms with van der Waals surface area (Å²) in [5.74, 6) is -0.567. The predicted octanol–water partition coefficient (Wildman–Crippen LogP) is 0.425. The zero-order valence-electron chi connectivity index (χ0n) is 4.42. The molecule has 0 saturated heterocycles. The van der Waals surface area contributed by atoms with Crippen molar-refractivity contribution in [3.8, 4) is 0 Å². The summed E-state index contributed by atoms with van der Waals surface area (Å²) in [5.41, 5.74) is 0. The number of rotatable bonds is 1. The molecule has 0 fully saturated rings. The van der Waals surface area contributed by atoms with E-state index < -0.39 is 5.91 Å². The van der Waals surface area contributed by atoms with Crippen LogP contribution in [0.25, 0.3) is 0 Å². The number of hydrogen-bond acceptors (Lipinski definition) is 2. The zero-order chi connectivity index (χ0) is 6.41. The van der Waals surface area contributed by atoms with E-state index in [1.807, 2.05) is 0 Å². The molecule has 0 aliphatic carbocycles. The summed E-state index contributed by atoms with van der Waals surface area (Å²) in [6.07, 6.45) is 3.82. The highest BCUT2D eigenvalue weighted by atomic mass is 16.2. The molecular weight excluding hydrogens is 106 g/mol. The van der Waals surface area contributed by atoms with E-state index in [4.69, 9.17) is 0 Å². The first kappa shape index (κ1) is 6.79. The fraction of sp³-hybridized carbons (Fsp3) is 0.200. The van der Waals surface area contributed by atoms with E-state index in [0.29, 0.717) is 0 Å². The van der Waals surface area contributed by atoms with Gasteiger partial charge in [-0.05, 0) is 6.92 Å². The minimum absolute atomic E-state index is 0.567. The molecule has 8 heavy (non-hydrogen) atoms. The third-order valence-corrected chi connectivity index (χ3v) is 0.465. The van der Waals surface area contributed by atoms with E-state index >= 15 is 0 Å². The molecule has 0 unspecified atom stereocenters. The molecule has 0 aliphatic heterocycles. The van der Waals surface area contributed by atoms with Crippen molar-refractivity contribution in [2.75, 3.05) is 0 Å². The highest BCUT2D eigenvalue weighted by Crippen LogP contribution is 1.74. The van der Waals surface area contributed by atoms with Gasteiger partial charge in [0.25, 0.3) is 5.91 Å². The highest BCUT2D eigenvalue weighted by Gasteiger charge is 1.83. The van der Waals surface area contributed by atoms with Crippen LogP contribution in [0.1, 0.15) is 6.92 Å². The van der Waals surface area contributed by atoms with Gasteiger partial charge in [0.1, 0.15) is 0 Å². The minimum atomic E-state index is -0.567. The van der Waals surface area contributed by atoms with E-state index in [-0.39, 0.29) is 0 Å². The molecule has 0 N–H and O–H groups in total. The normalized spacial score (nSPS) is 8.62. The lowest BCUT2D eigenvalue weighted by Crippen LogP contribution is -1.82. The van der Waals surface area contributed by atoms with Gasteiger partial charge in [-0.1, -0.05) is 6.08 Å². The number of carbonyl (C=O) groups is 1. The first-order valence-corrected chi connectivity index (χ1v) is 2.05. The molecular formula is C5H5NO2. The van der Waals surface area contributed by atoms with Crippen molar-refractivity contribution in [3.05, 3.63) is 12.2 Å². The average molecular weight is 111 g/mol. The number of hydrogen-bond donors (Lipinski definition) is 0. The summed E-state index contributed by atoms with van der Waals surface area (Å²) in [5, 5.41) is 0. The highest BCUT2D eigenvalue weighted by molar-refractivity contribution is 5.91. The maximum atomic E-state index is 10.1. The molecule has 3 heteroatoms. The maximum Gasteiger partial charge on any atom is 0.280 e. The third kappa shape index (κ3) is 3.00. The largest absolute Gasteiger partial charge is 0.280 e. The minimum Gasteiger partial charge on any atom is -0.267 e. The van der Waals surface area contributed by atoms with Crippen molar-refractivity contribution in [2.24, 2.45) is 4.99 Å². The number of allylic oxidation sites excluding steroid dienone is 1. The van der Waals surface area contributed by atoms with E-state index in [9.17, 15) is 9.59 Å². The van der Waals surface area contributed by atoms with Crippen molar-refractivity contribution in [3.63, 3.8) is 0 Å². The molecule has 0 aromatic rings. The van der Waals surface area contributed by atoms with Crippen LogP contribution in [0.4, 0.5) is 0 Å². The Morgan fingerprint density at radius 3 is 2.75 bits per heavy atom. The summed E-state index contributed by atoms with van der Waals surface area (Å²) in [6, 6.07) is 0. The zero-order valence-corrected chi connectivity index (χ0v) is 4.42. The molecule has 1 amide bonds. The SMILES string of the molecule is C/C=C\C(=O)N=C=O. The molecule has 0 rings (SSSR count). The van der Waals surface area contributed by atoms with Crippen LogP contribution in [0.3, 0.4) is 0 Å². The van der Waals surface area contributed by atoms with E-state index in [0.717, 1.165) is 6.08 Å². The second-order valence-electron chi connectivity index (χ2n) is 1.04. The summed E-state index contributed by atoms with van der Waals surface area (Å²) in [7, 11) is 0. The van der Waals surface area contributed by atoms with Crippen molar-refractivity contribution in [1.82, 2.24) is 0 Å². The first-order chi connectivity index (χ1) is 3.81. The lowest BCUT2D eigenvalue weighted by molar-refractivity contribution is -0.113. The molecule has 0 spiro atoms. The van der Waals surface area contributed by atoms with E-state index in [2.05, 4.69) is 4.99 Å². The van der Waals surface area contributed by atoms with Crippen LogP contribution < -0.4 is 0 Å². The molecule has 0 heterocycles. The predicted molar refractivity (Wildman–Crippen MR) is 27.9 cm³/mol. The van der Waals surface area contributed by atoms with Crippen LogP contribution in [0.15, 0.2) is 17.1 Å². The second kappa shape index (κ2) is 3.96. The molecule has 0 aromatic carbocycles. The van der Waals surface area contributed by atoms with Gasteiger partial charge in [-0.25, -0.2) is 4.79 Å². The number of nitrogens with zero attached hydrogens (tertiary/aromatic N) is 1. The molecule has 0 atom stereocenters.